The number of thiocarbonyl (C=S) groups is 1. The molecule has 1 heterocycles. The Bertz CT molecular complexity index is 1130. The van der Waals surface area contributed by atoms with Crippen LogP contribution in [0.3, 0.4) is 0 Å². The van der Waals surface area contributed by atoms with E-state index >= 15 is 0 Å². The van der Waals surface area contributed by atoms with Crippen LogP contribution in [0.5, 0.6) is 17.2 Å². The second kappa shape index (κ2) is 8.69. The van der Waals surface area contributed by atoms with Gasteiger partial charge in [-0.15, -0.1) is 0 Å². The second-order valence-electron chi connectivity index (χ2n) is 6.34. The van der Waals surface area contributed by atoms with E-state index in [2.05, 4.69) is 0 Å². The number of amides is 1. The van der Waals surface area contributed by atoms with E-state index in [1.807, 2.05) is 30.3 Å². The number of methoxy groups -OCH3 is 1. The van der Waals surface area contributed by atoms with E-state index in [1.54, 1.807) is 43.5 Å². The highest BCUT2D eigenvalue weighted by molar-refractivity contribution is 8.27. The van der Waals surface area contributed by atoms with Gasteiger partial charge < -0.3 is 9.47 Å². The second-order valence-corrected chi connectivity index (χ2v) is 8.02. The van der Waals surface area contributed by atoms with E-state index in [1.165, 1.54) is 28.8 Å². The zero-order valence-electron chi connectivity index (χ0n) is 15.9. The number of anilines is 1. The number of halogens is 1. The number of ether oxygens (including phenoxy) is 2. The lowest BCUT2D eigenvalue weighted by atomic mass is 10.2. The number of carbonyl (C=O) groups is 1. The molecule has 3 aromatic rings. The van der Waals surface area contributed by atoms with Crippen LogP contribution in [0.25, 0.3) is 6.08 Å². The average molecular weight is 438 g/mol. The van der Waals surface area contributed by atoms with Crippen LogP contribution in [-0.2, 0) is 4.79 Å². The number of hydrogen-bond acceptors (Lipinski definition) is 5. The Morgan fingerprint density at radius 2 is 1.63 bits per heavy atom. The normalized spacial score (nSPS) is 15.0. The van der Waals surface area contributed by atoms with Gasteiger partial charge in [-0.2, -0.15) is 0 Å². The number of hydrogen-bond donors (Lipinski definition) is 0. The fourth-order valence-corrected chi connectivity index (χ4v) is 4.16. The highest BCUT2D eigenvalue weighted by Gasteiger charge is 2.33. The van der Waals surface area contributed by atoms with Gasteiger partial charge >= 0.3 is 0 Å². The van der Waals surface area contributed by atoms with Crippen LogP contribution in [0.1, 0.15) is 5.56 Å². The molecule has 1 aliphatic heterocycles. The van der Waals surface area contributed by atoms with Gasteiger partial charge in [-0.05, 0) is 60.2 Å². The zero-order chi connectivity index (χ0) is 21.1. The van der Waals surface area contributed by atoms with E-state index in [-0.39, 0.29) is 11.7 Å². The fourth-order valence-electron chi connectivity index (χ4n) is 2.86. The predicted molar refractivity (Wildman–Crippen MR) is 122 cm³/mol. The van der Waals surface area contributed by atoms with Gasteiger partial charge in [0, 0.05) is 6.07 Å². The third-order valence-electron chi connectivity index (χ3n) is 4.33. The van der Waals surface area contributed by atoms with Crippen molar-refractivity contribution in [3.05, 3.63) is 89.1 Å². The number of nitrogens with zero attached hydrogens (tertiary/aromatic N) is 1. The molecule has 1 saturated heterocycles. The number of benzene rings is 3. The summed E-state index contributed by atoms with van der Waals surface area (Å²) in [5.41, 5.74) is 1.51. The van der Waals surface area contributed by atoms with Gasteiger partial charge in [0.25, 0.3) is 5.91 Å². The van der Waals surface area contributed by atoms with Gasteiger partial charge in [0.05, 0.1) is 17.7 Å². The van der Waals surface area contributed by atoms with Crippen molar-refractivity contribution >= 4 is 46.0 Å². The number of rotatable bonds is 5. The predicted octanol–water partition coefficient (Wildman–Crippen LogP) is 6.03. The molecular weight excluding hydrogens is 421 g/mol. The van der Waals surface area contributed by atoms with Crippen molar-refractivity contribution in [3.8, 4) is 17.2 Å². The molecule has 4 nitrogen and oxygen atoms in total. The molecule has 150 valence electrons. The summed E-state index contributed by atoms with van der Waals surface area (Å²) in [6.45, 7) is 0. The Morgan fingerprint density at radius 3 is 2.30 bits per heavy atom. The first-order valence-corrected chi connectivity index (χ1v) is 10.2. The lowest BCUT2D eigenvalue weighted by Gasteiger charge is -2.15. The first-order chi connectivity index (χ1) is 14.5. The van der Waals surface area contributed by atoms with Crippen molar-refractivity contribution < 1.29 is 18.7 Å². The van der Waals surface area contributed by atoms with E-state index < -0.39 is 0 Å². The standard InChI is InChI=1S/C23H16FNO3S2/c1-27-20-4-2-3-17(14-20)25-22(26)21(30-23(25)29)13-15-5-9-18(10-6-15)28-19-11-7-16(24)8-12-19/h2-14H,1H3/b21-13-. The molecule has 0 spiro atoms. The van der Waals surface area contributed by atoms with Gasteiger partial charge in [-0.3, -0.25) is 9.69 Å². The quantitative estimate of drug-likeness (QED) is 0.360. The molecule has 0 atom stereocenters. The van der Waals surface area contributed by atoms with E-state index in [0.717, 1.165) is 5.56 Å². The summed E-state index contributed by atoms with van der Waals surface area (Å²) >= 11 is 6.67. The Morgan fingerprint density at radius 1 is 0.967 bits per heavy atom. The Hall–Kier alpha value is -3.16. The zero-order valence-corrected chi connectivity index (χ0v) is 17.5. The summed E-state index contributed by atoms with van der Waals surface area (Å²) in [7, 11) is 1.58. The molecule has 1 aliphatic rings. The maximum absolute atomic E-state index is 13.0. The minimum atomic E-state index is -0.316. The van der Waals surface area contributed by atoms with Gasteiger partial charge in [-0.1, -0.05) is 42.2 Å². The maximum Gasteiger partial charge on any atom is 0.270 e. The van der Waals surface area contributed by atoms with E-state index in [4.69, 9.17) is 21.7 Å². The summed E-state index contributed by atoms with van der Waals surface area (Å²) in [6, 6.07) is 20.3. The van der Waals surface area contributed by atoms with Crippen LogP contribution in [0.4, 0.5) is 10.1 Å². The van der Waals surface area contributed by atoms with Crippen LogP contribution in [-0.4, -0.2) is 17.3 Å². The molecule has 0 saturated carbocycles. The van der Waals surface area contributed by atoms with Gasteiger partial charge in [0.2, 0.25) is 0 Å². The third kappa shape index (κ3) is 4.37. The number of thioether (sulfide) groups is 1. The lowest BCUT2D eigenvalue weighted by Crippen LogP contribution is -2.27. The summed E-state index contributed by atoms with van der Waals surface area (Å²) in [4.78, 5) is 14.9. The van der Waals surface area contributed by atoms with Crippen LogP contribution in [0.15, 0.2) is 77.7 Å². The van der Waals surface area contributed by atoms with E-state index in [0.29, 0.717) is 32.2 Å². The van der Waals surface area contributed by atoms with Crippen molar-refractivity contribution in [1.29, 1.82) is 0 Å². The molecule has 0 radical (unpaired) electrons. The minimum Gasteiger partial charge on any atom is -0.497 e. The molecule has 30 heavy (non-hydrogen) atoms. The monoisotopic (exact) mass is 437 g/mol. The van der Waals surface area contributed by atoms with Crippen molar-refractivity contribution in [2.45, 2.75) is 0 Å². The van der Waals surface area contributed by atoms with Crippen LogP contribution in [0, 0.1) is 5.82 Å². The average Bonchev–Trinajstić information content (AvgIpc) is 3.04. The lowest BCUT2D eigenvalue weighted by molar-refractivity contribution is -0.113. The van der Waals surface area contributed by atoms with Gasteiger partial charge in [0.15, 0.2) is 4.32 Å². The highest BCUT2D eigenvalue weighted by Crippen LogP contribution is 2.37. The SMILES string of the molecule is COc1cccc(N2C(=O)/C(=C/c3ccc(Oc4ccc(F)cc4)cc3)SC2=S)c1. The third-order valence-corrected chi connectivity index (χ3v) is 5.63. The van der Waals surface area contributed by atoms with Crippen molar-refractivity contribution in [3.63, 3.8) is 0 Å². The molecule has 0 aromatic heterocycles. The Labute approximate surface area is 182 Å². The van der Waals surface area contributed by atoms with Crippen LogP contribution in [0.2, 0.25) is 0 Å². The van der Waals surface area contributed by atoms with Crippen molar-refractivity contribution in [2.24, 2.45) is 0 Å². The molecule has 3 aromatic carbocycles. The van der Waals surface area contributed by atoms with Gasteiger partial charge in [-0.25, -0.2) is 4.39 Å². The summed E-state index contributed by atoms with van der Waals surface area (Å²) < 4.78 is 24.4. The van der Waals surface area contributed by atoms with E-state index in [9.17, 15) is 9.18 Å². The Kier molecular flexibility index (Phi) is 5.83. The largest absolute Gasteiger partial charge is 0.497 e. The molecule has 7 heteroatoms. The first-order valence-electron chi connectivity index (χ1n) is 8.99. The molecule has 0 aliphatic carbocycles. The molecule has 1 amide bonds. The number of carbonyl (C=O) groups excluding carboxylic acids is 1. The molecule has 0 unspecified atom stereocenters. The summed E-state index contributed by atoms with van der Waals surface area (Å²) in [5.74, 6) is 1.32. The maximum atomic E-state index is 13.0. The van der Waals surface area contributed by atoms with Crippen molar-refractivity contribution in [2.75, 3.05) is 12.0 Å². The molecule has 4 rings (SSSR count). The highest BCUT2D eigenvalue weighted by atomic mass is 32.2. The molecule has 0 N–H and O–H groups in total. The topological polar surface area (TPSA) is 38.8 Å². The minimum absolute atomic E-state index is 0.176. The molecule has 1 fully saturated rings. The Balaban J connectivity index is 1.51. The van der Waals surface area contributed by atoms with Crippen molar-refractivity contribution in [1.82, 2.24) is 0 Å². The van der Waals surface area contributed by atoms with Gasteiger partial charge in [0.1, 0.15) is 23.1 Å². The molecule has 0 bridgehead atoms. The summed E-state index contributed by atoms with van der Waals surface area (Å²) in [5, 5.41) is 0. The molecular formula is C23H16FNO3S2. The fraction of sp³-hybridized carbons (Fsp3) is 0.0435. The van der Waals surface area contributed by atoms with Crippen LogP contribution >= 0.6 is 24.0 Å². The van der Waals surface area contributed by atoms with Crippen LogP contribution < -0.4 is 14.4 Å². The summed E-state index contributed by atoms with van der Waals surface area (Å²) in [6.07, 6.45) is 1.79. The first kappa shape index (κ1) is 20.1. The smallest absolute Gasteiger partial charge is 0.270 e.